The molecule has 140 valence electrons. The standard InChI is InChI=1S/C24H25N.C2H6/c1-5-6-10-23(18(2)3)21-16-20-9-7-8-11-24(20)25(17-21)22-14-12-19(4)13-15-22;1-2/h5,7-16H,1-2,6,17H2,3-4H3;1-2H3/b23-10+;. The average Bonchev–Trinajstić information content (AvgIpc) is 2.69. The minimum atomic E-state index is 0.843. The van der Waals surface area contributed by atoms with Crippen molar-refractivity contribution in [3.8, 4) is 0 Å². The second-order valence-corrected chi connectivity index (χ2v) is 6.57. The summed E-state index contributed by atoms with van der Waals surface area (Å²) in [4.78, 5) is 2.38. The van der Waals surface area contributed by atoms with Gasteiger partial charge in [-0.25, -0.2) is 0 Å². The van der Waals surface area contributed by atoms with E-state index in [0.29, 0.717) is 0 Å². The van der Waals surface area contributed by atoms with Crippen LogP contribution in [0, 0.1) is 6.92 Å². The van der Waals surface area contributed by atoms with Crippen molar-refractivity contribution in [1.82, 2.24) is 0 Å². The van der Waals surface area contributed by atoms with Gasteiger partial charge in [0.1, 0.15) is 0 Å². The van der Waals surface area contributed by atoms with Crippen molar-refractivity contribution in [2.75, 3.05) is 11.4 Å². The Kier molecular flexibility index (Phi) is 7.43. The number of benzene rings is 2. The highest BCUT2D eigenvalue weighted by molar-refractivity contribution is 5.81. The van der Waals surface area contributed by atoms with Gasteiger partial charge in [0.15, 0.2) is 0 Å². The quantitative estimate of drug-likeness (QED) is 0.392. The van der Waals surface area contributed by atoms with Crippen molar-refractivity contribution < 1.29 is 0 Å². The highest BCUT2D eigenvalue weighted by Gasteiger charge is 2.21. The Morgan fingerprint density at radius 3 is 2.37 bits per heavy atom. The average molecular weight is 358 g/mol. The zero-order valence-corrected chi connectivity index (χ0v) is 17.1. The zero-order chi connectivity index (χ0) is 19.8. The molecule has 0 saturated carbocycles. The van der Waals surface area contributed by atoms with Gasteiger partial charge in [0.05, 0.1) is 0 Å². The van der Waals surface area contributed by atoms with Gasteiger partial charge in [-0.1, -0.05) is 74.0 Å². The Balaban J connectivity index is 0.00000126. The fraction of sp³-hybridized carbons (Fsp3) is 0.231. The minimum absolute atomic E-state index is 0.843. The molecule has 0 radical (unpaired) electrons. The van der Waals surface area contributed by atoms with Crippen molar-refractivity contribution in [1.29, 1.82) is 0 Å². The van der Waals surface area contributed by atoms with E-state index in [2.05, 4.69) is 92.6 Å². The molecule has 2 aromatic rings. The van der Waals surface area contributed by atoms with Crippen LogP contribution in [0.4, 0.5) is 11.4 Å². The third kappa shape index (κ3) is 4.89. The van der Waals surface area contributed by atoms with E-state index in [1.165, 1.54) is 33.6 Å². The van der Waals surface area contributed by atoms with E-state index < -0.39 is 0 Å². The SMILES string of the molecule is C=CC/C=C(\C(=C)C)C1=Cc2ccccc2N(c2ccc(C)cc2)C1.CC. The maximum absolute atomic E-state index is 4.19. The molecule has 2 aromatic carbocycles. The van der Waals surface area contributed by atoms with Crippen molar-refractivity contribution in [3.05, 3.63) is 102 Å². The Bertz CT molecular complexity index is 850. The molecule has 1 nitrogen and oxygen atoms in total. The summed E-state index contributed by atoms with van der Waals surface area (Å²) in [6.07, 6.45) is 7.30. The first-order valence-corrected chi connectivity index (χ1v) is 9.71. The number of nitrogens with zero attached hydrogens (tertiary/aromatic N) is 1. The second kappa shape index (κ2) is 9.78. The maximum Gasteiger partial charge on any atom is 0.0488 e. The Hall–Kier alpha value is -2.80. The fourth-order valence-corrected chi connectivity index (χ4v) is 3.24. The summed E-state index contributed by atoms with van der Waals surface area (Å²) in [5, 5.41) is 0. The highest BCUT2D eigenvalue weighted by Crippen LogP contribution is 2.37. The maximum atomic E-state index is 4.19. The first-order valence-electron chi connectivity index (χ1n) is 9.71. The van der Waals surface area contributed by atoms with Crippen LogP contribution in [0.1, 0.15) is 38.3 Å². The first kappa shape index (κ1) is 20.5. The number of hydrogen-bond donors (Lipinski definition) is 0. The van der Waals surface area contributed by atoms with E-state index >= 15 is 0 Å². The van der Waals surface area contributed by atoms with Crippen LogP contribution in [0.3, 0.4) is 0 Å². The van der Waals surface area contributed by atoms with E-state index in [9.17, 15) is 0 Å². The molecule has 1 aliphatic heterocycles. The smallest absolute Gasteiger partial charge is 0.0488 e. The predicted molar refractivity (Wildman–Crippen MR) is 122 cm³/mol. The van der Waals surface area contributed by atoms with E-state index in [0.717, 1.165) is 18.5 Å². The Labute approximate surface area is 165 Å². The molecule has 0 fully saturated rings. The number of anilines is 2. The van der Waals surface area contributed by atoms with E-state index in [1.807, 2.05) is 19.9 Å². The number of allylic oxidation sites excluding steroid dienone is 3. The van der Waals surface area contributed by atoms with Gasteiger partial charge in [-0.15, -0.1) is 6.58 Å². The molecule has 1 heterocycles. The number of rotatable bonds is 5. The number of aryl methyl sites for hydroxylation is 1. The molecule has 0 N–H and O–H groups in total. The molecular weight excluding hydrogens is 326 g/mol. The lowest BCUT2D eigenvalue weighted by Crippen LogP contribution is -2.24. The van der Waals surface area contributed by atoms with E-state index in [4.69, 9.17) is 0 Å². The van der Waals surface area contributed by atoms with Crippen LogP contribution in [-0.4, -0.2) is 6.54 Å². The van der Waals surface area contributed by atoms with Crippen LogP contribution in [0.25, 0.3) is 6.08 Å². The molecule has 1 heteroatoms. The largest absolute Gasteiger partial charge is 0.336 e. The van der Waals surface area contributed by atoms with Crippen molar-refractivity contribution in [2.24, 2.45) is 0 Å². The van der Waals surface area contributed by atoms with Crippen molar-refractivity contribution in [2.45, 2.75) is 34.1 Å². The lowest BCUT2D eigenvalue weighted by Gasteiger charge is -2.32. The van der Waals surface area contributed by atoms with Crippen LogP contribution >= 0.6 is 0 Å². The van der Waals surface area contributed by atoms with Crippen LogP contribution in [0.15, 0.2) is 90.6 Å². The highest BCUT2D eigenvalue weighted by atomic mass is 15.1. The van der Waals surface area contributed by atoms with Crippen LogP contribution in [0.2, 0.25) is 0 Å². The summed E-state index contributed by atoms with van der Waals surface area (Å²) >= 11 is 0. The van der Waals surface area contributed by atoms with Crippen LogP contribution in [0.5, 0.6) is 0 Å². The van der Waals surface area contributed by atoms with Gasteiger partial charge in [-0.3, -0.25) is 0 Å². The van der Waals surface area contributed by atoms with E-state index in [-0.39, 0.29) is 0 Å². The molecule has 0 aromatic heterocycles. The number of hydrogen-bond acceptors (Lipinski definition) is 1. The molecule has 0 saturated heterocycles. The Morgan fingerprint density at radius 2 is 1.74 bits per heavy atom. The molecule has 0 atom stereocenters. The Morgan fingerprint density at radius 1 is 1.07 bits per heavy atom. The molecule has 1 aliphatic rings. The van der Waals surface area contributed by atoms with Gasteiger partial charge < -0.3 is 4.90 Å². The first-order chi connectivity index (χ1) is 13.1. The van der Waals surface area contributed by atoms with Gasteiger partial charge in [-0.05, 0) is 61.3 Å². The van der Waals surface area contributed by atoms with Crippen LogP contribution < -0.4 is 4.90 Å². The topological polar surface area (TPSA) is 3.24 Å². The van der Waals surface area contributed by atoms with Gasteiger partial charge >= 0.3 is 0 Å². The van der Waals surface area contributed by atoms with Gasteiger partial charge in [0, 0.05) is 17.9 Å². The number of fused-ring (bicyclic) bond motifs is 1. The summed E-state index contributed by atoms with van der Waals surface area (Å²) in [5.41, 5.74) is 8.61. The van der Waals surface area contributed by atoms with E-state index in [1.54, 1.807) is 0 Å². The van der Waals surface area contributed by atoms with Crippen molar-refractivity contribution >= 4 is 17.5 Å². The summed E-state index contributed by atoms with van der Waals surface area (Å²) in [5.74, 6) is 0. The molecule has 3 rings (SSSR count). The van der Waals surface area contributed by atoms with Gasteiger partial charge in [0.25, 0.3) is 0 Å². The lowest BCUT2D eigenvalue weighted by atomic mass is 9.92. The normalized spacial score (nSPS) is 13.1. The lowest BCUT2D eigenvalue weighted by molar-refractivity contribution is 1.03. The fourth-order valence-electron chi connectivity index (χ4n) is 3.24. The molecule has 0 aliphatic carbocycles. The summed E-state index contributed by atoms with van der Waals surface area (Å²) in [6, 6.07) is 17.3. The van der Waals surface area contributed by atoms with Crippen LogP contribution in [-0.2, 0) is 0 Å². The van der Waals surface area contributed by atoms with Gasteiger partial charge in [-0.2, -0.15) is 0 Å². The summed E-state index contributed by atoms with van der Waals surface area (Å²) in [6.45, 7) is 17.1. The molecule has 27 heavy (non-hydrogen) atoms. The number of para-hydroxylation sites is 1. The third-order valence-electron chi connectivity index (χ3n) is 4.53. The molecule has 0 bridgehead atoms. The molecule has 0 spiro atoms. The molecule has 0 amide bonds. The zero-order valence-electron chi connectivity index (χ0n) is 17.1. The summed E-state index contributed by atoms with van der Waals surface area (Å²) in [7, 11) is 0. The van der Waals surface area contributed by atoms with Crippen molar-refractivity contribution in [3.63, 3.8) is 0 Å². The summed E-state index contributed by atoms with van der Waals surface area (Å²) < 4.78 is 0. The van der Waals surface area contributed by atoms with Gasteiger partial charge in [0.2, 0.25) is 0 Å². The molecular formula is C26H31N. The second-order valence-electron chi connectivity index (χ2n) is 6.57. The predicted octanol–water partition coefficient (Wildman–Crippen LogP) is 7.63. The monoisotopic (exact) mass is 357 g/mol. The minimum Gasteiger partial charge on any atom is -0.336 e. The molecule has 0 unspecified atom stereocenters. The third-order valence-corrected chi connectivity index (χ3v) is 4.53.